The number of piperidine rings is 2. The number of hydrogen-bond acceptors (Lipinski definition) is 7. The highest BCUT2D eigenvalue weighted by molar-refractivity contribution is 6.05. The number of amides is 4. The number of hydrogen-bond donors (Lipinski definition) is 3. The molecule has 188 valence electrons. The molecule has 1 atom stereocenters. The number of carbonyl (C=O) groups is 4. The number of imide groups is 1. The fraction of sp³-hybridized carbons (Fsp3) is 0.423. The van der Waals surface area contributed by atoms with E-state index in [9.17, 15) is 24.3 Å². The number of fused-ring (bicyclic) bond motifs is 1. The molecule has 4 amide bonds. The van der Waals surface area contributed by atoms with Gasteiger partial charge in [0.05, 0.1) is 23.5 Å². The molecular weight excluding hydrogens is 462 g/mol. The molecule has 0 spiro atoms. The van der Waals surface area contributed by atoms with Gasteiger partial charge in [0.15, 0.2) is 0 Å². The standard InChI is InChI=1S/C26H29N5O5/c1-27-23(33)17-4-2-3-16(13-17)14-30-11-9-26(36,10-12-30)21-7-5-18-19(28-21)15-31(25(18)35)20-6-8-22(32)29-24(20)34/h2-5,7,13,20,36H,6,8-12,14-15H2,1H3,(H,27,33)(H,29,32,34). The summed E-state index contributed by atoms with van der Waals surface area (Å²) in [5.74, 6) is -1.19. The molecule has 36 heavy (non-hydrogen) atoms. The van der Waals surface area contributed by atoms with Crippen LogP contribution in [0.4, 0.5) is 0 Å². The molecule has 0 aliphatic carbocycles. The summed E-state index contributed by atoms with van der Waals surface area (Å²) in [7, 11) is 1.61. The Morgan fingerprint density at radius 3 is 2.69 bits per heavy atom. The van der Waals surface area contributed by atoms with Crippen LogP contribution in [-0.4, -0.2) is 69.7 Å². The normalized spacial score (nSPS) is 21.8. The van der Waals surface area contributed by atoms with Gasteiger partial charge in [0, 0.05) is 38.7 Å². The van der Waals surface area contributed by atoms with Gasteiger partial charge in [-0.1, -0.05) is 12.1 Å². The highest BCUT2D eigenvalue weighted by Gasteiger charge is 2.41. The molecule has 0 radical (unpaired) electrons. The lowest BCUT2D eigenvalue weighted by atomic mass is 9.87. The van der Waals surface area contributed by atoms with E-state index in [4.69, 9.17) is 0 Å². The lowest BCUT2D eigenvalue weighted by molar-refractivity contribution is -0.136. The largest absolute Gasteiger partial charge is 0.383 e. The van der Waals surface area contributed by atoms with E-state index in [1.54, 1.807) is 25.2 Å². The van der Waals surface area contributed by atoms with Gasteiger partial charge >= 0.3 is 0 Å². The van der Waals surface area contributed by atoms with Gasteiger partial charge in [-0.3, -0.25) is 34.4 Å². The predicted molar refractivity (Wildman–Crippen MR) is 129 cm³/mol. The molecule has 3 aliphatic rings. The highest BCUT2D eigenvalue weighted by atomic mass is 16.3. The first-order valence-corrected chi connectivity index (χ1v) is 12.2. The highest BCUT2D eigenvalue weighted by Crippen LogP contribution is 2.35. The maximum absolute atomic E-state index is 12.9. The van der Waals surface area contributed by atoms with Crippen molar-refractivity contribution >= 4 is 23.6 Å². The lowest BCUT2D eigenvalue weighted by Crippen LogP contribution is -2.52. The van der Waals surface area contributed by atoms with Crippen LogP contribution in [0.5, 0.6) is 0 Å². The third kappa shape index (κ3) is 4.49. The van der Waals surface area contributed by atoms with Crippen molar-refractivity contribution < 1.29 is 24.3 Å². The van der Waals surface area contributed by atoms with Gasteiger partial charge in [0.25, 0.3) is 11.8 Å². The predicted octanol–water partition coefficient (Wildman–Crippen LogP) is 0.686. The van der Waals surface area contributed by atoms with Crippen LogP contribution in [0.25, 0.3) is 0 Å². The Kier molecular flexibility index (Phi) is 6.31. The quantitative estimate of drug-likeness (QED) is 0.524. The van der Waals surface area contributed by atoms with Gasteiger partial charge in [-0.25, -0.2) is 0 Å². The minimum Gasteiger partial charge on any atom is -0.383 e. The van der Waals surface area contributed by atoms with E-state index in [1.807, 2.05) is 18.2 Å². The summed E-state index contributed by atoms with van der Waals surface area (Å²) >= 11 is 0. The maximum atomic E-state index is 12.9. The SMILES string of the molecule is CNC(=O)c1cccc(CN2CCC(O)(c3ccc4c(n3)CN(C3CCC(=O)NC3=O)C4=O)CC2)c1. The van der Waals surface area contributed by atoms with Crippen molar-refractivity contribution in [3.8, 4) is 0 Å². The van der Waals surface area contributed by atoms with Crippen LogP contribution in [-0.2, 0) is 28.3 Å². The third-order valence-electron chi connectivity index (χ3n) is 7.35. The second-order valence-corrected chi connectivity index (χ2v) is 9.68. The summed E-state index contributed by atoms with van der Waals surface area (Å²) in [5.41, 5.74) is 2.04. The number of carbonyl (C=O) groups excluding carboxylic acids is 4. The number of aliphatic hydroxyl groups is 1. The van der Waals surface area contributed by atoms with Crippen molar-refractivity contribution in [2.75, 3.05) is 20.1 Å². The number of benzene rings is 1. The van der Waals surface area contributed by atoms with Crippen LogP contribution in [0.15, 0.2) is 36.4 Å². The van der Waals surface area contributed by atoms with E-state index in [0.717, 1.165) is 5.56 Å². The minimum absolute atomic E-state index is 0.123. The number of pyridine rings is 1. The third-order valence-corrected chi connectivity index (χ3v) is 7.35. The smallest absolute Gasteiger partial charge is 0.256 e. The molecule has 10 nitrogen and oxygen atoms in total. The molecule has 2 saturated heterocycles. The first-order chi connectivity index (χ1) is 17.3. The topological polar surface area (TPSA) is 132 Å². The van der Waals surface area contributed by atoms with E-state index in [2.05, 4.69) is 20.5 Å². The van der Waals surface area contributed by atoms with Gasteiger partial charge in [-0.05, 0) is 49.1 Å². The summed E-state index contributed by atoms with van der Waals surface area (Å²) in [6, 6.07) is 10.2. The number of nitrogens with zero attached hydrogens (tertiary/aromatic N) is 3. The second-order valence-electron chi connectivity index (χ2n) is 9.68. The Labute approximate surface area is 208 Å². The van der Waals surface area contributed by atoms with Crippen LogP contribution in [0, 0.1) is 0 Å². The number of likely N-dealkylation sites (tertiary alicyclic amines) is 1. The van der Waals surface area contributed by atoms with E-state index < -0.39 is 17.6 Å². The summed E-state index contributed by atoms with van der Waals surface area (Å²) in [6.45, 7) is 2.16. The van der Waals surface area contributed by atoms with E-state index >= 15 is 0 Å². The van der Waals surface area contributed by atoms with Crippen molar-refractivity contribution in [3.63, 3.8) is 0 Å². The molecule has 1 aromatic carbocycles. The first kappa shape index (κ1) is 24.1. The molecule has 1 unspecified atom stereocenters. The first-order valence-electron chi connectivity index (χ1n) is 12.2. The van der Waals surface area contributed by atoms with Crippen LogP contribution < -0.4 is 10.6 Å². The molecule has 1 aromatic heterocycles. The number of nitrogens with one attached hydrogen (secondary N) is 2. The summed E-state index contributed by atoms with van der Waals surface area (Å²) < 4.78 is 0. The van der Waals surface area contributed by atoms with Gasteiger partial charge in [0.2, 0.25) is 11.8 Å². The maximum Gasteiger partial charge on any atom is 0.256 e. The molecule has 3 aliphatic heterocycles. The second kappa shape index (κ2) is 9.44. The molecule has 0 bridgehead atoms. The Morgan fingerprint density at radius 1 is 1.19 bits per heavy atom. The zero-order valence-electron chi connectivity index (χ0n) is 20.1. The van der Waals surface area contributed by atoms with Crippen molar-refractivity contribution in [2.45, 2.75) is 50.4 Å². The van der Waals surface area contributed by atoms with Gasteiger partial charge in [0.1, 0.15) is 11.6 Å². The van der Waals surface area contributed by atoms with Gasteiger partial charge < -0.3 is 15.3 Å². The molecule has 5 rings (SSSR count). The Morgan fingerprint density at radius 2 is 1.97 bits per heavy atom. The summed E-state index contributed by atoms with van der Waals surface area (Å²) in [5, 5.41) is 16.4. The minimum atomic E-state index is -1.11. The molecule has 4 heterocycles. The zero-order valence-corrected chi connectivity index (χ0v) is 20.1. The molecular formula is C26H29N5O5. The summed E-state index contributed by atoms with van der Waals surface area (Å²) in [6.07, 6.45) is 1.46. The molecule has 2 aromatic rings. The summed E-state index contributed by atoms with van der Waals surface area (Å²) in [4.78, 5) is 56.9. The monoisotopic (exact) mass is 491 g/mol. The van der Waals surface area contributed by atoms with Crippen molar-refractivity contribution in [1.82, 2.24) is 25.4 Å². The average Bonchev–Trinajstić information content (AvgIpc) is 3.20. The van der Waals surface area contributed by atoms with Gasteiger partial charge in [-0.2, -0.15) is 0 Å². The molecule has 2 fully saturated rings. The Bertz CT molecular complexity index is 1240. The zero-order chi connectivity index (χ0) is 25.4. The van der Waals surface area contributed by atoms with Crippen LogP contribution in [0.3, 0.4) is 0 Å². The van der Waals surface area contributed by atoms with Crippen molar-refractivity contribution in [1.29, 1.82) is 0 Å². The fourth-order valence-electron chi connectivity index (χ4n) is 5.25. The van der Waals surface area contributed by atoms with Crippen LogP contribution >= 0.6 is 0 Å². The van der Waals surface area contributed by atoms with Crippen molar-refractivity contribution in [2.24, 2.45) is 0 Å². The average molecular weight is 492 g/mol. The molecule has 3 N–H and O–H groups in total. The molecule has 0 saturated carbocycles. The fourth-order valence-corrected chi connectivity index (χ4v) is 5.25. The van der Waals surface area contributed by atoms with E-state index in [-0.39, 0.29) is 30.7 Å². The lowest BCUT2D eigenvalue weighted by Gasteiger charge is -2.38. The number of rotatable bonds is 5. The van der Waals surface area contributed by atoms with Gasteiger partial charge in [-0.15, -0.1) is 0 Å². The van der Waals surface area contributed by atoms with E-state index in [1.165, 1.54) is 4.90 Å². The van der Waals surface area contributed by atoms with Crippen LogP contribution in [0.2, 0.25) is 0 Å². The van der Waals surface area contributed by atoms with E-state index in [0.29, 0.717) is 61.4 Å². The number of aromatic nitrogens is 1. The Hall–Kier alpha value is -3.63. The molecule has 10 heteroatoms. The Balaban J connectivity index is 1.25. The van der Waals surface area contributed by atoms with Crippen molar-refractivity contribution in [3.05, 3.63) is 64.5 Å². The van der Waals surface area contributed by atoms with Crippen LogP contribution in [0.1, 0.15) is 63.4 Å².